The molecule has 92 valence electrons. The number of hydrogen-bond acceptors (Lipinski definition) is 2. The maximum atomic E-state index is 9.88. The lowest BCUT2D eigenvalue weighted by atomic mass is 9.78. The van der Waals surface area contributed by atoms with Crippen LogP contribution in [-0.4, -0.2) is 29.3 Å². The summed E-state index contributed by atoms with van der Waals surface area (Å²) in [5.74, 6) is 0.551. The zero-order valence-corrected chi connectivity index (χ0v) is 9.91. The first-order valence-electron chi connectivity index (χ1n) is 6.47. The topological polar surface area (TPSA) is 70.6 Å². The Labute approximate surface area is 97.3 Å². The highest BCUT2D eigenvalue weighted by Gasteiger charge is 2.33. The quantitative estimate of drug-likeness (QED) is 0.496. The van der Waals surface area contributed by atoms with Crippen LogP contribution in [0.15, 0.2) is 4.99 Å². The lowest BCUT2D eigenvalue weighted by molar-refractivity contribution is -0.0377. The largest absolute Gasteiger partial charge is 0.390 e. The van der Waals surface area contributed by atoms with Gasteiger partial charge in [-0.15, -0.1) is 0 Å². The van der Waals surface area contributed by atoms with Gasteiger partial charge in [0.25, 0.3) is 0 Å². The maximum absolute atomic E-state index is 9.88. The van der Waals surface area contributed by atoms with E-state index in [0.717, 1.165) is 25.7 Å². The SMILES string of the molecule is NC(=NCCC1(O)CCC1)NC1CCCC1. The number of nitrogens with one attached hydrogen (secondary N) is 1. The highest BCUT2D eigenvalue weighted by atomic mass is 16.3. The Balaban J connectivity index is 1.65. The van der Waals surface area contributed by atoms with Crippen molar-refractivity contribution in [1.29, 1.82) is 0 Å². The minimum absolute atomic E-state index is 0.433. The summed E-state index contributed by atoms with van der Waals surface area (Å²) in [6.07, 6.45) is 8.77. The van der Waals surface area contributed by atoms with Crippen molar-refractivity contribution in [3.05, 3.63) is 0 Å². The Hall–Kier alpha value is -0.770. The van der Waals surface area contributed by atoms with Crippen molar-refractivity contribution in [2.24, 2.45) is 10.7 Å². The number of nitrogens with zero attached hydrogens (tertiary/aromatic N) is 1. The molecule has 0 amide bonds. The van der Waals surface area contributed by atoms with E-state index in [0.29, 0.717) is 18.5 Å². The van der Waals surface area contributed by atoms with Crippen molar-refractivity contribution in [2.45, 2.75) is 63.0 Å². The molecular formula is C12H23N3O. The summed E-state index contributed by atoms with van der Waals surface area (Å²) in [5, 5.41) is 13.1. The normalized spacial score (nSPS) is 25.4. The lowest BCUT2D eigenvalue weighted by Gasteiger charge is -2.36. The molecule has 0 aromatic rings. The molecule has 0 aliphatic heterocycles. The molecule has 2 fully saturated rings. The van der Waals surface area contributed by atoms with Crippen LogP contribution in [0.5, 0.6) is 0 Å². The first kappa shape index (κ1) is 11.7. The van der Waals surface area contributed by atoms with E-state index in [4.69, 9.17) is 5.73 Å². The van der Waals surface area contributed by atoms with Crippen LogP contribution in [0.2, 0.25) is 0 Å². The first-order chi connectivity index (χ1) is 7.68. The Morgan fingerprint density at radius 3 is 2.56 bits per heavy atom. The second kappa shape index (κ2) is 5.04. The summed E-state index contributed by atoms with van der Waals surface area (Å²) in [4.78, 5) is 4.28. The standard InChI is InChI=1S/C12H23N3O/c13-11(15-10-4-1-2-5-10)14-9-8-12(16)6-3-7-12/h10,16H,1-9H2,(H3,13,14,15). The molecular weight excluding hydrogens is 202 g/mol. The highest BCUT2D eigenvalue weighted by molar-refractivity contribution is 5.78. The number of rotatable bonds is 4. The van der Waals surface area contributed by atoms with Gasteiger partial charge in [-0.05, 0) is 38.5 Å². The molecule has 4 N–H and O–H groups in total. The van der Waals surface area contributed by atoms with Crippen molar-refractivity contribution < 1.29 is 5.11 Å². The molecule has 4 heteroatoms. The predicted octanol–water partition coefficient (Wildman–Crippen LogP) is 1.14. The molecule has 0 saturated heterocycles. The van der Waals surface area contributed by atoms with Crippen molar-refractivity contribution >= 4 is 5.96 Å². The molecule has 0 atom stereocenters. The van der Waals surface area contributed by atoms with Crippen LogP contribution in [0.1, 0.15) is 51.4 Å². The van der Waals surface area contributed by atoms with Crippen molar-refractivity contribution in [3.8, 4) is 0 Å². The molecule has 0 aromatic heterocycles. The van der Waals surface area contributed by atoms with E-state index < -0.39 is 5.60 Å². The third-order valence-electron chi connectivity index (χ3n) is 3.85. The molecule has 2 aliphatic rings. The van der Waals surface area contributed by atoms with Crippen LogP contribution >= 0.6 is 0 Å². The van der Waals surface area contributed by atoms with E-state index in [1.807, 2.05) is 0 Å². The van der Waals surface area contributed by atoms with Gasteiger partial charge < -0.3 is 16.2 Å². The van der Waals surface area contributed by atoms with E-state index in [1.165, 1.54) is 25.7 Å². The van der Waals surface area contributed by atoms with Gasteiger partial charge in [-0.2, -0.15) is 0 Å². The van der Waals surface area contributed by atoms with Crippen LogP contribution in [-0.2, 0) is 0 Å². The second-order valence-electron chi connectivity index (χ2n) is 5.22. The molecule has 0 aromatic carbocycles. The van der Waals surface area contributed by atoms with E-state index in [2.05, 4.69) is 10.3 Å². The summed E-state index contributed by atoms with van der Waals surface area (Å²) in [5.41, 5.74) is 5.37. The zero-order chi connectivity index (χ0) is 11.4. The van der Waals surface area contributed by atoms with Crippen molar-refractivity contribution in [3.63, 3.8) is 0 Å². The van der Waals surface area contributed by atoms with Gasteiger partial charge in [0.15, 0.2) is 5.96 Å². The van der Waals surface area contributed by atoms with Crippen LogP contribution in [0.25, 0.3) is 0 Å². The van der Waals surface area contributed by atoms with Gasteiger partial charge in [-0.3, -0.25) is 4.99 Å². The number of hydrogen-bond donors (Lipinski definition) is 3. The fourth-order valence-corrected chi connectivity index (χ4v) is 2.54. The summed E-state index contributed by atoms with van der Waals surface area (Å²) in [6, 6.07) is 0.524. The Bertz CT molecular complexity index is 255. The Morgan fingerprint density at radius 1 is 1.31 bits per heavy atom. The van der Waals surface area contributed by atoms with Gasteiger partial charge in [0, 0.05) is 12.6 Å². The predicted molar refractivity (Wildman–Crippen MR) is 65.3 cm³/mol. The van der Waals surface area contributed by atoms with E-state index in [9.17, 15) is 5.11 Å². The molecule has 0 unspecified atom stereocenters. The number of aliphatic imine (C=N–C) groups is 1. The third kappa shape index (κ3) is 3.11. The summed E-state index contributed by atoms with van der Waals surface area (Å²) in [6.45, 7) is 0.641. The molecule has 0 heterocycles. The molecule has 2 saturated carbocycles. The average Bonchev–Trinajstić information content (AvgIpc) is 2.68. The van der Waals surface area contributed by atoms with Crippen LogP contribution in [0, 0.1) is 0 Å². The molecule has 16 heavy (non-hydrogen) atoms. The van der Waals surface area contributed by atoms with Crippen molar-refractivity contribution in [2.75, 3.05) is 6.54 Å². The van der Waals surface area contributed by atoms with Crippen LogP contribution in [0.3, 0.4) is 0 Å². The van der Waals surface area contributed by atoms with Gasteiger partial charge >= 0.3 is 0 Å². The fourth-order valence-electron chi connectivity index (χ4n) is 2.54. The number of aliphatic hydroxyl groups is 1. The van der Waals surface area contributed by atoms with E-state index >= 15 is 0 Å². The number of nitrogens with two attached hydrogens (primary N) is 1. The molecule has 2 aliphatic carbocycles. The molecule has 0 radical (unpaired) electrons. The first-order valence-corrected chi connectivity index (χ1v) is 6.47. The van der Waals surface area contributed by atoms with Gasteiger partial charge in [-0.1, -0.05) is 12.8 Å². The van der Waals surface area contributed by atoms with Gasteiger partial charge in [0.05, 0.1) is 5.60 Å². The summed E-state index contributed by atoms with van der Waals surface area (Å²) >= 11 is 0. The van der Waals surface area contributed by atoms with E-state index in [-0.39, 0.29) is 0 Å². The third-order valence-corrected chi connectivity index (χ3v) is 3.85. The monoisotopic (exact) mass is 225 g/mol. The smallest absolute Gasteiger partial charge is 0.188 e. The Morgan fingerprint density at radius 2 is 2.00 bits per heavy atom. The fraction of sp³-hybridized carbons (Fsp3) is 0.917. The number of guanidine groups is 1. The van der Waals surface area contributed by atoms with Crippen molar-refractivity contribution in [1.82, 2.24) is 5.32 Å². The maximum Gasteiger partial charge on any atom is 0.188 e. The summed E-state index contributed by atoms with van der Waals surface area (Å²) < 4.78 is 0. The van der Waals surface area contributed by atoms with Gasteiger partial charge in [0.1, 0.15) is 0 Å². The van der Waals surface area contributed by atoms with Crippen LogP contribution in [0.4, 0.5) is 0 Å². The van der Waals surface area contributed by atoms with Crippen LogP contribution < -0.4 is 11.1 Å². The molecule has 4 nitrogen and oxygen atoms in total. The molecule has 0 bridgehead atoms. The van der Waals surface area contributed by atoms with Gasteiger partial charge in [0.2, 0.25) is 0 Å². The molecule has 2 rings (SSSR count). The lowest BCUT2D eigenvalue weighted by Crippen LogP contribution is -2.40. The minimum Gasteiger partial charge on any atom is -0.390 e. The average molecular weight is 225 g/mol. The summed E-state index contributed by atoms with van der Waals surface area (Å²) in [7, 11) is 0. The zero-order valence-electron chi connectivity index (χ0n) is 9.91. The Kier molecular flexibility index (Phi) is 3.69. The van der Waals surface area contributed by atoms with E-state index in [1.54, 1.807) is 0 Å². The van der Waals surface area contributed by atoms with Gasteiger partial charge in [-0.25, -0.2) is 0 Å². The molecule has 0 spiro atoms. The second-order valence-corrected chi connectivity index (χ2v) is 5.22. The minimum atomic E-state index is -0.433. The highest BCUT2D eigenvalue weighted by Crippen LogP contribution is 2.34.